The summed E-state index contributed by atoms with van der Waals surface area (Å²) in [4.78, 5) is 29.1. The van der Waals surface area contributed by atoms with E-state index in [0.717, 1.165) is 15.8 Å². The molecule has 0 fully saturated rings. The minimum atomic E-state index is -2.52. The smallest absolute Gasteiger partial charge is 0.314 e. The van der Waals surface area contributed by atoms with Crippen LogP contribution in [0.3, 0.4) is 0 Å². The van der Waals surface area contributed by atoms with Crippen LogP contribution in [0.1, 0.15) is 30.3 Å². The third-order valence-corrected chi connectivity index (χ3v) is 4.90. The van der Waals surface area contributed by atoms with E-state index in [0.29, 0.717) is 23.4 Å². The molecule has 0 saturated heterocycles. The van der Waals surface area contributed by atoms with Crippen LogP contribution >= 0.6 is 0 Å². The number of nitrogens with one attached hydrogen (secondary N) is 1. The Labute approximate surface area is 169 Å². The molecule has 156 valence electrons. The Morgan fingerprint density at radius 3 is 2.77 bits per heavy atom. The van der Waals surface area contributed by atoms with Crippen molar-refractivity contribution in [1.82, 2.24) is 19.7 Å². The summed E-state index contributed by atoms with van der Waals surface area (Å²) in [5, 5.41) is 18.0. The molecule has 1 aliphatic carbocycles. The number of allylic oxidation sites excluding steroid dienone is 4. The average Bonchev–Trinajstić information content (AvgIpc) is 3.35. The zero-order valence-corrected chi connectivity index (χ0v) is 16.0. The van der Waals surface area contributed by atoms with Crippen molar-refractivity contribution < 1.29 is 18.5 Å². The molecule has 4 rings (SSSR count). The van der Waals surface area contributed by atoms with Crippen molar-refractivity contribution in [3.05, 3.63) is 63.1 Å². The summed E-state index contributed by atoms with van der Waals surface area (Å²) in [6.45, 7) is 1.76. The van der Waals surface area contributed by atoms with Gasteiger partial charge in [-0.15, -0.1) is 0 Å². The highest BCUT2D eigenvalue weighted by atomic mass is 19.3. The van der Waals surface area contributed by atoms with Gasteiger partial charge in [-0.25, -0.2) is 18.6 Å². The number of hydrogen-bond donors (Lipinski definition) is 1. The third-order valence-electron chi connectivity index (χ3n) is 4.90. The highest BCUT2D eigenvalue weighted by Crippen LogP contribution is 2.31. The van der Waals surface area contributed by atoms with Crippen molar-refractivity contribution >= 4 is 23.1 Å². The first-order valence-corrected chi connectivity index (χ1v) is 9.21. The van der Waals surface area contributed by atoms with Gasteiger partial charge in [0, 0.05) is 17.8 Å². The first-order valence-electron chi connectivity index (χ1n) is 9.21. The summed E-state index contributed by atoms with van der Waals surface area (Å²) in [7, 11) is 0. The van der Waals surface area contributed by atoms with Gasteiger partial charge in [0.15, 0.2) is 0 Å². The van der Waals surface area contributed by atoms with Gasteiger partial charge < -0.3 is 4.90 Å². The normalized spacial score (nSPS) is 15.3. The van der Waals surface area contributed by atoms with Gasteiger partial charge in [-0.3, -0.25) is 20.1 Å². The lowest BCUT2D eigenvalue weighted by atomic mass is 10.1. The van der Waals surface area contributed by atoms with E-state index in [2.05, 4.69) is 15.4 Å². The molecule has 2 aliphatic rings. The molecule has 1 aliphatic heterocycles. The zero-order valence-electron chi connectivity index (χ0n) is 16.0. The fourth-order valence-corrected chi connectivity index (χ4v) is 3.48. The van der Waals surface area contributed by atoms with Gasteiger partial charge in [-0.1, -0.05) is 17.7 Å². The van der Waals surface area contributed by atoms with Crippen LogP contribution in [0.5, 0.6) is 0 Å². The number of rotatable bonds is 5. The summed E-state index contributed by atoms with van der Waals surface area (Å²) in [6.07, 6.45) is 3.50. The minimum absolute atomic E-state index is 0.124. The molecule has 0 bridgehead atoms. The molecule has 2 aromatic rings. The highest BCUT2D eigenvalue weighted by molar-refractivity contribution is 5.91. The predicted molar refractivity (Wildman–Crippen MR) is 104 cm³/mol. The second-order valence-electron chi connectivity index (χ2n) is 7.20. The predicted octanol–water partition coefficient (Wildman–Crippen LogP) is 3.73. The monoisotopic (exact) mass is 416 g/mol. The van der Waals surface area contributed by atoms with Gasteiger partial charge in [0.25, 0.3) is 6.43 Å². The van der Waals surface area contributed by atoms with E-state index in [1.807, 2.05) is 19.1 Å². The van der Waals surface area contributed by atoms with Gasteiger partial charge >= 0.3 is 11.7 Å². The number of amides is 2. The summed E-state index contributed by atoms with van der Waals surface area (Å²) in [5.74, 6) is -0.139. The van der Waals surface area contributed by atoms with E-state index in [-0.39, 0.29) is 24.6 Å². The number of hydrogen-bond acceptors (Lipinski definition) is 5. The molecule has 0 spiro atoms. The first-order chi connectivity index (χ1) is 14.3. The maximum Gasteiger partial charge on any atom is 0.323 e. The van der Waals surface area contributed by atoms with Crippen LogP contribution in [0.2, 0.25) is 0 Å². The molecule has 0 unspecified atom stereocenters. The van der Waals surface area contributed by atoms with Crippen LogP contribution in [0.4, 0.5) is 25.1 Å². The van der Waals surface area contributed by atoms with Crippen molar-refractivity contribution in [2.75, 3.05) is 5.32 Å². The number of fused-ring (bicyclic) bond motifs is 1. The molecule has 0 radical (unpaired) electrons. The van der Waals surface area contributed by atoms with Gasteiger partial charge in [0.05, 0.1) is 29.4 Å². The Morgan fingerprint density at radius 1 is 1.33 bits per heavy atom. The largest absolute Gasteiger partial charge is 0.323 e. The summed E-state index contributed by atoms with van der Waals surface area (Å²) in [5.41, 5.74) is 3.49. The Balaban J connectivity index is 1.49. The molecular weight excluding hydrogens is 398 g/mol. The fourth-order valence-electron chi connectivity index (χ4n) is 3.48. The molecular formula is C19H18F2N6O3. The van der Waals surface area contributed by atoms with Gasteiger partial charge in [-0.2, -0.15) is 5.10 Å². The van der Waals surface area contributed by atoms with Crippen LogP contribution in [-0.4, -0.2) is 37.0 Å². The minimum Gasteiger partial charge on any atom is -0.314 e. The Hall–Kier alpha value is -3.63. The average molecular weight is 416 g/mol. The first kappa shape index (κ1) is 19.7. The molecule has 2 aromatic heterocycles. The van der Waals surface area contributed by atoms with Crippen molar-refractivity contribution in [2.45, 2.75) is 39.4 Å². The van der Waals surface area contributed by atoms with Crippen molar-refractivity contribution in [1.29, 1.82) is 0 Å². The lowest BCUT2D eigenvalue weighted by Crippen LogP contribution is -2.31. The van der Waals surface area contributed by atoms with E-state index in [9.17, 15) is 23.7 Å². The van der Waals surface area contributed by atoms with Crippen LogP contribution in [0.25, 0.3) is 5.57 Å². The molecule has 11 heteroatoms. The fraction of sp³-hybridized carbons (Fsp3) is 0.316. The summed E-state index contributed by atoms with van der Waals surface area (Å²) >= 11 is 0. The lowest BCUT2D eigenvalue weighted by molar-refractivity contribution is -0.384. The van der Waals surface area contributed by atoms with E-state index in [4.69, 9.17) is 0 Å². The van der Waals surface area contributed by atoms with Gasteiger partial charge in [0.1, 0.15) is 6.54 Å². The summed E-state index contributed by atoms with van der Waals surface area (Å²) in [6, 6.07) is 2.31. The Morgan fingerprint density at radius 2 is 2.13 bits per heavy atom. The molecule has 1 N–H and O–H groups in total. The maximum absolute atomic E-state index is 12.7. The van der Waals surface area contributed by atoms with Crippen LogP contribution < -0.4 is 5.32 Å². The lowest BCUT2D eigenvalue weighted by Gasteiger charge is -2.17. The number of anilines is 1. The number of nitrogens with zero attached hydrogens (tertiary/aromatic N) is 5. The standard InChI is InChI=1S/C19H18F2N6O3/c1-11-2-3-12(6-11)14-4-5-16(27(29)30)18(22-14)23-19(28)25-7-13-8-26(10-17(20)21)24-15(13)9-25/h2-5,8,17H,6-7,9-10H2,1H3,(H,22,23,28). The molecule has 0 aromatic carbocycles. The number of aromatic nitrogens is 3. The second-order valence-corrected chi connectivity index (χ2v) is 7.20. The zero-order chi connectivity index (χ0) is 21.4. The van der Waals surface area contributed by atoms with E-state index in [1.165, 1.54) is 17.2 Å². The van der Waals surface area contributed by atoms with Crippen molar-refractivity contribution in [3.63, 3.8) is 0 Å². The number of nitro groups is 1. The molecule has 3 heterocycles. The number of carbonyl (C=O) groups excluding carboxylic acids is 1. The van der Waals surface area contributed by atoms with Crippen LogP contribution in [0.15, 0.2) is 36.1 Å². The molecule has 0 saturated carbocycles. The third kappa shape index (κ3) is 3.91. The van der Waals surface area contributed by atoms with Gasteiger partial charge in [-0.05, 0) is 25.0 Å². The molecule has 2 amide bonds. The highest BCUT2D eigenvalue weighted by Gasteiger charge is 2.29. The van der Waals surface area contributed by atoms with E-state index >= 15 is 0 Å². The van der Waals surface area contributed by atoms with E-state index in [1.54, 1.807) is 6.07 Å². The van der Waals surface area contributed by atoms with E-state index < -0.39 is 23.9 Å². The molecule has 30 heavy (non-hydrogen) atoms. The summed E-state index contributed by atoms with van der Waals surface area (Å²) < 4.78 is 26.1. The van der Waals surface area contributed by atoms with Crippen LogP contribution in [0, 0.1) is 10.1 Å². The second kappa shape index (κ2) is 7.65. The van der Waals surface area contributed by atoms with Crippen molar-refractivity contribution in [2.24, 2.45) is 0 Å². The number of alkyl halides is 2. The SMILES string of the molecule is CC1=CC=C(c2ccc([N+](=O)[O-])c(NC(=O)N3Cc4cn(CC(F)F)nc4C3)n2)C1. The van der Waals surface area contributed by atoms with Crippen molar-refractivity contribution in [3.8, 4) is 0 Å². The topological polar surface area (TPSA) is 106 Å². The van der Waals surface area contributed by atoms with Gasteiger partial charge in [0.2, 0.25) is 5.82 Å². The number of urea groups is 1. The molecule has 0 atom stereocenters. The Bertz CT molecular complexity index is 1070. The number of halogens is 2. The maximum atomic E-state index is 12.7. The number of carbonyl (C=O) groups is 1. The number of pyridine rings is 1. The quantitative estimate of drug-likeness (QED) is 0.590. The molecule has 9 nitrogen and oxygen atoms in total. The Kier molecular flexibility index (Phi) is 5.02. The van der Waals surface area contributed by atoms with Crippen LogP contribution in [-0.2, 0) is 19.6 Å².